The maximum Gasteiger partial charge on any atom is 0.238 e. The Balaban J connectivity index is 1.27. The Hall–Kier alpha value is -3.24. The quantitative estimate of drug-likeness (QED) is 0.696. The summed E-state index contributed by atoms with van der Waals surface area (Å²) in [5, 5.41) is 18.4. The van der Waals surface area contributed by atoms with E-state index >= 15 is 0 Å². The Labute approximate surface area is 179 Å². The fourth-order valence-corrected chi connectivity index (χ4v) is 5.05. The Morgan fingerprint density at radius 2 is 2.03 bits per heavy atom. The molecule has 6 nitrogen and oxygen atoms in total. The highest BCUT2D eigenvalue weighted by Gasteiger charge is 2.43. The maximum atomic E-state index is 14.8. The van der Waals surface area contributed by atoms with Crippen LogP contribution in [0.15, 0.2) is 36.4 Å². The zero-order valence-electron chi connectivity index (χ0n) is 17.0. The smallest absolute Gasteiger partial charge is 0.238 e. The summed E-state index contributed by atoms with van der Waals surface area (Å²) >= 11 is 0. The van der Waals surface area contributed by atoms with Gasteiger partial charge in [0, 0.05) is 18.2 Å². The second-order valence-electron chi connectivity index (χ2n) is 8.71. The molecule has 3 aliphatic rings. The minimum absolute atomic E-state index is 0.0427. The summed E-state index contributed by atoms with van der Waals surface area (Å²) in [6.07, 6.45) is 3.62. The number of amides is 2. The van der Waals surface area contributed by atoms with Crippen molar-refractivity contribution in [2.45, 2.75) is 50.2 Å². The molecule has 31 heavy (non-hydrogen) atoms. The lowest BCUT2D eigenvalue weighted by Crippen LogP contribution is -2.50. The Morgan fingerprint density at radius 3 is 2.74 bits per heavy atom. The number of anilines is 1. The fourth-order valence-electron chi connectivity index (χ4n) is 5.05. The number of nitrogens with zero attached hydrogens (tertiary/aromatic N) is 1. The largest absolute Gasteiger partial charge is 0.339 e. The van der Waals surface area contributed by atoms with Gasteiger partial charge in [0.1, 0.15) is 11.9 Å². The predicted octanol–water partition coefficient (Wildman–Crippen LogP) is 2.68. The molecule has 2 amide bonds. The molecule has 4 atom stereocenters. The van der Waals surface area contributed by atoms with Crippen LogP contribution in [0, 0.1) is 23.1 Å². The molecule has 0 radical (unpaired) electrons. The van der Waals surface area contributed by atoms with E-state index in [4.69, 9.17) is 0 Å². The molecule has 1 saturated carbocycles. The summed E-state index contributed by atoms with van der Waals surface area (Å²) in [5.74, 6) is -0.304. The van der Waals surface area contributed by atoms with Crippen LogP contribution in [-0.2, 0) is 22.4 Å². The van der Waals surface area contributed by atoms with Crippen molar-refractivity contribution >= 4 is 17.5 Å². The van der Waals surface area contributed by atoms with Gasteiger partial charge in [0.15, 0.2) is 0 Å². The predicted molar refractivity (Wildman–Crippen MR) is 113 cm³/mol. The number of piperidine rings is 1. The van der Waals surface area contributed by atoms with Gasteiger partial charge in [-0.05, 0) is 59.6 Å². The highest BCUT2D eigenvalue weighted by atomic mass is 19.1. The van der Waals surface area contributed by atoms with Crippen molar-refractivity contribution in [2.24, 2.45) is 5.92 Å². The monoisotopic (exact) mass is 418 g/mol. The molecule has 3 unspecified atom stereocenters. The first-order chi connectivity index (χ1) is 15.0. The van der Waals surface area contributed by atoms with Crippen LogP contribution in [-0.4, -0.2) is 29.9 Å². The fraction of sp³-hybridized carbons (Fsp3) is 0.375. The molecule has 1 saturated heterocycles. The molecule has 1 aliphatic carbocycles. The van der Waals surface area contributed by atoms with Gasteiger partial charge >= 0.3 is 0 Å². The van der Waals surface area contributed by atoms with Crippen molar-refractivity contribution in [3.05, 3.63) is 53.3 Å². The number of hydrogen-bond acceptors (Lipinski definition) is 4. The Bertz CT molecular complexity index is 1110. The molecule has 5 rings (SSSR count). The van der Waals surface area contributed by atoms with Crippen LogP contribution >= 0.6 is 0 Å². The Morgan fingerprint density at radius 1 is 1.23 bits per heavy atom. The van der Waals surface area contributed by atoms with E-state index in [9.17, 15) is 19.2 Å². The van der Waals surface area contributed by atoms with Crippen molar-refractivity contribution in [1.29, 1.82) is 5.26 Å². The zero-order valence-corrected chi connectivity index (χ0v) is 17.0. The van der Waals surface area contributed by atoms with Gasteiger partial charge in [-0.2, -0.15) is 5.26 Å². The molecule has 2 fully saturated rings. The molecule has 2 aliphatic heterocycles. The van der Waals surface area contributed by atoms with Gasteiger partial charge in [0.2, 0.25) is 11.8 Å². The third kappa shape index (κ3) is 3.79. The molecule has 2 bridgehead atoms. The molecule has 0 spiro atoms. The third-order valence-corrected chi connectivity index (χ3v) is 6.66. The van der Waals surface area contributed by atoms with Crippen molar-refractivity contribution in [1.82, 2.24) is 10.6 Å². The van der Waals surface area contributed by atoms with Crippen LogP contribution in [0.1, 0.15) is 30.4 Å². The first-order valence-corrected chi connectivity index (χ1v) is 10.7. The van der Waals surface area contributed by atoms with Crippen molar-refractivity contribution in [3.8, 4) is 17.2 Å². The SMILES string of the molecule is N#CC(Cc1ccc(-c2ccc3c(c2)NC(=O)C3)cc1F)NC(=O)[C@H]1NC2CCC1C2. The van der Waals surface area contributed by atoms with Crippen LogP contribution in [0.4, 0.5) is 10.1 Å². The highest BCUT2D eigenvalue weighted by molar-refractivity contribution is 6.00. The van der Waals surface area contributed by atoms with Crippen molar-refractivity contribution in [2.75, 3.05) is 5.32 Å². The van der Waals surface area contributed by atoms with E-state index in [-0.39, 0.29) is 24.3 Å². The molecule has 2 heterocycles. The van der Waals surface area contributed by atoms with Crippen LogP contribution in [0.2, 0.25) is 0 Å². The highest BCUT2D eigenvalue weighted by Crippen LogP contribution is 2.35. The number of nitrogens with one attached hydrogen (secondary N) is 3. The van der Waals surface area contributed by atoms with Gasteiger partial charge in [-0.15, -0.1) is 0 Å². The standard InChI is InChI=1S/C24H23FN4O2/c25-20-9-13(14-2-4-16-11-22(30)29-21(16)10-14)1-3-15(20)7-19(12-26)28-24(31)23-17-5-6-18(8-17)27-23/h1-4,9-10,17-19,23,27H,5-8,11H2,(H,28,31)(H,29,30)/t17?,18?,19?,23-/m0/s1. The van der Waals surface area contributed by atoms with Crippen LogP contribution in [0.3, 0.4) is 0 Å². The lowest BCUT2D eigenvalue weighted by molar-refractivity contribution is -0.124. The molecule has 0 aromatic heterocycles. The number of hydrogen-bond donors (Lipinski definition) is 3. The number of carbonyl (C=O) groups excluding carboxylic acids is 2. The molecule has 7 heteroatoms. The van der Waals surface area contributed by atoms with E-state index in [1.807, 2.05) is 18.2 Å². The van der Waals surface area contributed by atoms with Crippen LogP contribution < -0.4 is 16.0 Å². The van der Waals surface area contributed by atoms with E-state index < -0.39 is 11.9 Å². The normalized spacial score (nSPS) is 24.4. The molecule has 3 N–H and O–H groups in total. The number of fused-ring (bicyclic) bond motifs is 3. The number of rotatable bonds is 5. The van der Waals surface area contributed by atoms with Gasteiger partial charge < -0.3 is 16.0 Å². The summed E-state index contributed by atoms with van der Waals surface area (Å²) in [6, 6.07) is 11.9. The van der Waals surface area contributed by atoms with E-state index in [2.05, 4.69) is 22.0 Å². The first-order valence-electron chi connectivity index (χ1n) is 10.7. The Kier molecular flexibility index (Phi) is 4.95. The van der Waals surface area contributed by atoms with Gasteiger partial charge in [-0.1, -0.05) is 24.3 Å². The summed E-state index contributed by atoms with van der Waals surface area (Å²) in [4.78, 5) is 24.1. The minimum Gasteiger partial charge on any atom is -0.339 e. The summed E-state index contributed by atoms with van der Waals surface area (Å²) in [5.41, 5.74) is 3.57. The van der Waals surface area contributed by atoms with Crippen LogP contribution in [0.25, 0.3) is 11.1 Å². The summed E-state index contributed by atoms with van der Waals surface area (Å²) in [6.45, 7) is 0. The van der Waals surface area contributed by atoms with Gasteiger partial charge in [0.05, 0.1) is 18.5 Å². The molecule has 2 aromatic carbocycles. The maximum absolute atomic E-state index is 14.8. The van der Waals surface area contributed by atoms with E-state index in [1.54, 1.807) is 12.1 Å². The van der Waals surface area contributed by atoms with Crippen molar-refractivity contribution in [3.63, 3.8) is 0 Å². The second kappa shape index (κ2) is 7.78. The zero-order chi connectivity index (χ0) is 21.5. The van der Waals surface area contributed by atoms with E-state index in [0.717, 1.165) is 36.1 Å². The number of halogens is 1. The lowest BCUT2D eigenvalue weighted by Gasteiger charge is -2.23. The second-order valence-corrected chi connectivity index (χ2v) is 8.71. The van der Waals surface area contributed by atoms with Gasteiger partial charge in [0.25, 0.3) is 0 Å². The summed E-state index contributed by atoms with van der Waals surface area (Å²) in [7, 11) is 0. The average Bonchev–Trinajstić information content (AvgIpc) is 3.48. The molecular weight excluding hydrogens is 395 g/mol. The molecular formula is C24H23FN4O2. The van der Waals surface area contributed by atoms with Gasteiger partial charge in [-0.3, -0.25) is 9.59 Å². The summed E-state index contributed by atoms with van der Waals surface area (Å²) < 4.78 is 14.8. The number of benzene rings is 2. The molecule has 158 valence electrons. The van der Waals surface area contributed by atoms with Crippen molar-refractivity contribution < 1.29 is 14.0 Å². The number of nitriles is 1. The first kappa shape index (κ1) is 19.7. The van der Waals surface area contributed by atoms with E-state index in [1.165, 1.54) is 6.07 Å². The lowest BCUT2D eigenvalue weighted by atomic mass is 9.97. The average molecular weight is 418 g/mol. The van der Waals surface area contributed by atoms with Gasteiger partial charge in [-0.25, -0.2) is 4.39 Å². The third-order valence-electron chi connectivity index (χ3n) is 6.66. The van der Waals surface area contributed by atoms with Crippen LogP contribution in [0.5, 0.6) is 0 Å². The number of carbonyl (C=O) groups is 2. The minimum atomic E-state index is -0.788. The topological polar surface area (TPSA) is 94.0 Å². The van der Waals surface area contributed by atoms with E-state index in [0.29, 0.717) is 29.5 Å². The molecule has 2 aromatic rings.